The van der Waals surface area contributed by atoms with E-state index in [0.29, 0.717) is 90.9 Å². The summed E-state index contributed by atoms with van der Waals surface area (Å²) in [5.74, 6) is -4.56. The van der Waals surface area contributed by atoms with E-state index in [1.165, 1.54) is 41.6 Å². The third-order valence-corrected chi connectivity index (χ3v) is 14.7. The molecule has 80 heavy (non-hydrogen) atoms. The highest BCUT2D eigenvalue weighted by Crippen LogP contribution is 2.43. The van der Waals surface area contributed by atoms with E-state index < -0.39 is 70.3 Å². The number of piperazine rings is 1. The third kappa shape index (κ3) is 12.9. The largest absolute Gasteiger partial charge is 0.489 e. The number of alkyl halides is 3. The number of hydrogen-bond donors (Lipinski definition) is 4. The number of aromatic nitrogens is 2. The number of carbonyl (C=O) groups is 4. The van der Waals surface area contributed by atoms with Crippen LogP contribution in [0, 0.1) is 29.2 Å². The van der Waals surface area contributed by atoms with Gasteiger partial charge in [0.15, 0.2) is 0 Å². The zero-order valence-electron chi connectivity index (χ0n) is 43.8. The maximum Gasteiger partial charge on any atom is 0.419 e. The van der Waals surface area contributed by atoms with E-state index in [2.05, 4.69) is 35.7 Å². The lowest BCUT2D eigenvalue weighted by Crippen LogP contribution is -2.50. The first-order valence-electron chi connectivity index (χ1n) is 26.1. The van der Waals surface area contributed by atoms with E-state index in [1.54, 1.807) is 61.2 Å². The van der Waals surface area contributed by atoms with Crippen LogP contribution in [0.1, 0.15) is 91.3 Å². The number of benzene rings is 5. The van der Waals surface area contributed by atoms with Crippen LogP contribution in [0.3, 0.4) is 0 Å². The molecule has 2 fully saturated rings. The maximum absolute atomic E-state index is 15.5. The third-order valence-electron chi connectivity index (χ3n) is 14.7. The van der Waals surface area contributed by atoms with Gasteiger partial charge < -0.3 is 40.5 Å². The standard InChI is InChI=1S/C58H58F7N9O6/c1-57(2)43-10-8-37(27-50(43)74(56(57)79)33-38-5-3-4-6-45(38)59)53(76)69-29-42-47(61)25-39(26-48(42)62)55(78)73-20-18-71(19-21-73)32-35-13-16-72(17-14-35)52-31-67-49(30-68-52)54(77)70-41-9-12-51(40(24-41)28-66-15-22-75)80-34-36-7-11-46(60)44(23-36)58(63,64)65/h3-12,23-27,30-31,35,66,75H,13-22,28-29,32-34H2,1-2H3,(H,69,76)(H,70,77). The molecule has 9 rings (SSSR count). The van der Waals surface area contributed by atoms with Gasteiger partial charge in [-0.3, -0.25) is 24.1 Å². The van der Waals surface area contributed by atoms with E-state index in [1.807, 2.05) is 0 Å². The number of hydrogen-bond acceptors (Lipinski definition) is 11. The number of aliphatic hydroxyl groups excluding tert-OH is 1. The van der Waals surface area contributed by atoms with Gasteiger partial charge in [0.25, 0.3) is 17.7 Å². The number of rotatable bonds is 18. The van der Waals surface area contributed by atoms with E-state index in [-0.39, 0.29) is 61.1 Å². The van der Waals surface area contributed by atoms with Gasteiger partial charge in [-0.15, -0.1) is 0 Å². The average molecular weight is 1110 g/mol. The molecule has 420 valence electrons. The molecule has 0 aliphatic carbocycles. The van der Waals surface area contributed by atoms with Crippen molar-refractivity contribution in [3.8, 4) is 5.75 Å². The Labute approximate surface area is 456 Å². The van der Waals surface area contributed by atoms with Crippen molar-refractivity contribution in [3.05, 3.63) is 177 Å². The summed E-state index contributed by atoms with van der Waals surface area (Å²) in [5.41, 5.74) is -0.337. The Kier molecular flexibility index (Phi) is 17.2. The summed E-state index contributed by atoms with van der Waals surface area (Å²) in [5, 5.41) is 17.6. The Bertz CT molecular complexity index is 3250. The van der Waals surface area contributed by atoms with Crippen molar-refractivity contribution >= 4 is 40.8 Å². The van der Waals surface area contributed by atoms with Crippen LogP contribution in [-0.4, -0.2) is 107 Å². The fraction of sp³-hybridized carbons (Fsp3) is 0.345. The first kappa shape index (κ1) is 56.8. The highest BCUT2D eigenvalue weighted by Gasteiger charge is 2.44. The van der Waals surface area contributed by atoms with Crippen LogP contribution in [0.25, 0.3) is 0 Å². The molecule has 2 saturated heterocycles. The number of fused-ring (bicyclic) bond motifs is 1. The smallest absolute Gasteiger partial charge is 0.419 e. The predicted octanol–water partition coefficient (Wildman–Crippen LogP) is 8.39. The molecule has 3 aliphatic heterocycles. The topological polar surface area (TPSA) is 173 Å². The summed E-state index contributed by atoms with van der Waals surface area (Å²) in [6.07, 6.45) is -0.262. The first-order chi connectivity index (χ1) is 38.3. The molecule has 0 saturated carbocycles. The second-order valence-corrected chi connectivity index (χ2v) is 20.5. The Morgan fingerprint density at radius 3 is 2.19 bits per heavy atom. The van der Waals surface area contributed by atoms with Crippen LogP contribution in [-0.2, 0) is 42.6 Å². The fourth-order valence-electron chi connectivity index (χ4n) is 10.2. The summed E-state index contributed by atoms with van der Waals surface area (Å²) in [4.78, 5) is 69.8. The summed E-state index contributed by atoms with van der Waals surface area (Å²) >= 11 is 0. The molecule has 5 aromatic carbocycles. The number of piperidine rings is 1. The lowest BCUT2D eigenvalue weighted by molar-refractivity contribution is -0.140. The average Bonchev–Trinajstić information content (AvgIpc) is 3.66. The molecule has 15 nitrogen and oxygen atoms in total. The highest BCUT2D eigenvalue weighted by atomic mass is 19.4. The van der Waals surface area contributed by atoms with Crippen molar-refractivity contribution < 1.29 is 59.8 Å². The van der Waals surface area contributed by atoms with Gasteiger partial charge in [-0.25, -0.2) is 27.5 Å². The SMILES string of the molecule is CC1(C)C(=O)N(Cc2ccccc2F)c2cc(C(=O)NCc3c(F)cc(C(=O)N4CCN(CC5CCN(c6cnc(C(=O)Nc7ccc(OCc8ccc(F)c(C(F)(F)F)c8)c(CNCCO)c7)cn6)CC5)CC4)cc3F)ccc21. The second-order valence-electron chi connectivity index (χ2n) is 20.5. The molecule has 4 amide bonds. The fourth-order valence-corrected chi connectivity index (χ4v) is 10.2. The molecule has 1 aromatic heterocycles. The monoisotopic (exact) mass is 1110 g/mol. The van der Waals surface area contributed by atoms with Gasteiger partial charge in [0.1, 0.15) is 47.1 Å². The van der Waals surface area contributed by atoms with Crippen molar-refractivity contribution in [1.29, 1.82) is 0 Å². The molecule has 0 spiro atoms. The molecule has 0 atom stereocenters. The first-order valence-corrected chi connectivity index (χ1v) is 26.1. The van der Waals surface area contributed by atoms with E-state index in [9.17, 15) is 46.2 Å². The minimum atomic E-state index is -4.88. The quantitative estimate of drug-likeness (QED) is 0.0481. The second kappa shape index (κ2) is 24.2. The van der Waals surface area contributed by atoms with E-state index in [0.717, 1.165) is 37.6 Å². The van der Waals surface area contributed by atoms with Crippen LogP contribution in [0.2, 0.25) is 0 Å². The van der Waals surface area contributed by atoms with Gasteiger partial charge in [0.05, 0.1) is 36.5 Å². The normalized spacial score (nSPS) is 15.7. The number of ether oxygens (including phenoxy) is 1. The molecule has 0 unspecified atom stereocenters. The zero-order chi connectivity index (χ0) is 56.9. The summed E-state index contributed by atoms with van der Waals surface area (Å²) in [7, 11) is 0. The van der Waals surface area contributed by atoms with E-state index >= 15 is 8.78 Å². The molecule has 0 bridgehead atoms. The lowest BCUT2D eigenvalue weighted by Gasteiger charge is -2.39. The summed E-state index contributed by atoms with van der Waals surface area (Å²) in [6, 6.07) is 20.1. The van der Waals surface area contributed by atoms with Crippen molar-refractivity contribution in [2.24, 2.45) is 5.92 Å². The molecule has 22 heteroatoms. The van der Waals surface area contributed by atoms with Crippen LogP contribution < -0.4 is 30.5 Å². The zero-order valence-corrected chi connectivity index (χ0v) is 43.8. The number of aliphatic hydroxyl groups is 1. The van der Waals surface area contributed by atoms with Gasteiger partial charge in [-0.2, -0.15) is 13.2 Å². The summed E-state index contributed by atoms with van der Waals surface area (Å²) < 4.78 is 105. The van der Waals surface area contributed by atoms with Gasteiger partial charge >= 0.3 is 6.18 Å². The van der Waals surface area contributed by atoms with Crippen molar-refractivity contribution in [2.75, 3.05) is 74.1 Å². The van der Waals surface area contributed by atoms with Crippen molar-refractivity contribution in [3.63, 3.8) is 0 Å². The number of nitrogens with zero attached hydrogens (tertiary/aromatic N) is 6. The molecule has 4 N–H and O–H groups in total. The number of nitrogens with one attached hydrogen (secondary N) is 3. The number of carbonyl (C=O) groups excluding carboxylic acids is 4. The Morgan fingerprint density at radius 1 is 0.762 bits per heavy atom. The molecular weight excluding hydrogens is 1050 g/mol. The molecular formula is C58H58F7N9O6. The van der Waals surface area contributed by atoms with Crippen molar-refractivity contribution in [1.82, 2.24) is 30.4 Å². The minimum Gasteiger partial charge on any atom is -0.489 e. The van der Waals surface area contributed by atoms with E-state index in [4.69, 9.17) is 4.74 Å². The molecule has 3 aliphatic rings. The molecule has 4 heterocycles. The number of amides is 4. The van der Waals surface area contributed by atoms with Crippen LogP contribution in [0.5, 0.6) is 5.75 Å². The summed E-state index contributed by atoms with van der Waals surface area (Å²) in [6.45, 7) is 6.93. The van der Waals surface area contributed by atoms with Crippen LogP contribution in [0.4, 0.5) is 47.9 Å². The Hall–Kier alpha value is -7.95. The lowest BCUT2D eigenvalue weighted by atomic mass is 9.86. The Balaban J connectivity index is 0.720. The molecule has 6 aromatic rings. The minimum absolute atomic E-state index is 0.0529. The van der Waals surface area contributed by atoms with Gasteiger partial charge in [0, 0.05) is 105 Å². The highest BCUT2D eigenvalue weighted by molar-refractivity contribution is 6.09. The van der Waals surface area contributed by atoms with Crippen LogP contribution >= 0.6 is 0 Å². The van der Waals surface area contributed by atoms with Gasteiger partial charge in [-0.1, -0.05) is 30.3 Å². The van der Waals surface area contributed by atoms with Crippen LogP contribution in [0.15, 0.2) is 103 Å². The van der Waals surface area contributed by atoms with Crippen molar-refractivity contribution in [2.45, 2.75) is 64.5 Å². The predicted molar refractivity (Wildman–Crippen MR) is 283 cm³/mol. The number of halogens is 7. The Morgan fingerprint density at radius 2 is 1.50 bits per heavy atom. The molecule has 0 radical (unpaired) electrons. The van der Waals surface area contributed by atoms with Gasteiger partial charge in [-0.05, 0) is 104 Å². The van der Waals surface area contributed by atoms with Gasteiger partial charge in [0.2, 0.25) is 5.91 Å². The maximum atomic E-state index is 15.5. The number of anilines is 3.